The molecule has 1 aromatic heterocycles. The van der Waals surface area contributed by atoms with E-state index in [2.05, 4.69) is 4.98 Å². The summed E-state index contributed by atoms with van der Waals surface area (Å²) in [5, 5.41) is 0.489. The number of hydrogen-bond donors (Lipinski definition) is 0. The van der Waals surface area contributed by atoms with E-state index in [1.807, 2.05) is 10.8 Å². The molecule has 27 heavy (non-hydrogen) atoms. The summed E-state index contributed by atoms with van der Waals surface area (Å²) in [6.45, 7) is 0.952. The zero-order valence-electron chi connectivity index (χ0n) is 15.0. The highest BCUT2D eigenvalue weighted by Crippen LogP contribution is 2.41. The first-order valence-electron chi connectivity index (χ1n) is 8.47. The molecular weight excluding hydrogens is 394 g/mol. The summed E-state index contributed by atoms with van der Waals surface area (Å²) in [6, 6.07) is 3.35. The molecule has 4 rings (SSSR count). The Morgan fingerprint density at radius 3 is 2.74 bits per heavy atom. The van der Waals surface area contributed by atoms with E-state index >= 15 is 0 Å². The zero-order chi connectivity index (χ0) is 19.2. The molecule has 0 spiro atoms. The number of nitrogens with zero attached hydrogens (tertiary/aromatic N) is 3. The Balaban J connectivity index is 1.68. The van der Waals surface area contributed by atoms with Crippen molar-refractivity contribution in [1.82, 2.24) is 13.9 Å². The van der Waals surface area contributed by atoms with Crippen LogP contribution in [0.1, 0.15) is 6.04 Å². The van der Waals surface area contributed by atoms with Gasteiger partial charge in [-0.3, -0.25) is 0 Å². The van der Waals surface area contributed by atoms with Gasteiger partial charge in [0.15, 0.2) is 11.5 Å². The third-order valence-electron chi connectivity index (χ3n) is 4.87. The van der Waals surface area contributed by atoms with Crippen LogP contribution in [-0.4, -0.2) is 62.1 Å². The van der Waals surface area contributed by atoms with Crippen molar-refractivity contribution in [2.24, 2.45) is 5.92 Å². The minimum Gasteiger partial charge on any atom is -0.454 e. The number of imidazole rings is 1. The van der Waals surface area contributed by atoms with E-state index in [0.29, 0.717) is 41.1 Å². The van der Waals surface area contributed by atoms with Gasteiger partial charge in [0.1, 0.15) is 5.82 Å². The second-order valence-corrected chi connectivity index (χ2v) is 9.40. The Kier molecular flexibility index (Phi) is 4.79. The lowest BCUT2D eigenvalue weighted by atomic mass is 10.1. The maximum absolute atomic E-state index is 12.3. The second kappa shape index (κ2) is 6.97. The molecular formula is C17H20ClN3O5S. The van der Waals surface area contributed by atoms with Crippen LogP contribution in [0.15, 0.2) is 24.5 Å². The average Bonchev–Trinajstić information content (AvgIpc) is 3.32. The Morgan fingerprint density at radius 1 is 1.26 bits per heavy atom. The predicted octanol–water partition coefficient (Wildman–Crippen LogP) is 2.01. The van der Waals surface area contributed by atoms with Crippen molar-refractivity contribution in [1.29, 1.82) is 0 Å². The number of sulfonamides is 1. The summed E-state index contributed by atoms with van der Waals surface area (Å²) in [6.07, 6.45) is 3.50. The Bertz CT molecular complexity index is 959. The lowest BCUT2D eigenvalue weighted by molar-refractivity contribution is 0.174. The molecule has 0 saturated carbocycles. The molecule has 2 atom stereocenters. The van der Waals surface area contributed by atoms with Crippen LogP contribution in [0.4, 0.5) is 0 Å². The first-order valence-corrected chi connectivity index (χ1v) is 10.5. The van der Waals surface area contributed by atoms with Crippen molar-refractivity contribution in [2.75, 3.05) is 39.9 Å². The summed E-state index contributed by atoms with van der Waals surface area (Å²) in [5.41, 5.74) is 0.701. The first-order chi connectivity index (χ1) is 12.9. The fourth-order valence-electron chi connectivity index (χ4n) is 3.35. The number of hydrogen-bond acceptors (Lipinski definition) is 6. The smallest absolute Gasteiger partial charge is 0.231 e. The number of benzene rings is 1. The third kappa shape index (κ3) is 3.40. The van der Waals surface area contributed by atoms with Crippen LogP contribution in [-0.2, 0) is 14.8 Å². The standard InChI is InChI=1S/C17H20ClN3O5S/c1-20(2)27(22,23)9-11-7-24-8-14(11)21-4-3-19-17(21)12-5-15-16(6-13(12)18)26-10-25-15/h3-6,11,14H,7-10H2,1-2H3/t11-,14+/m0/s1. The van der Waals surface area contributed by atoms with Crippen LogP contribution in [0, 0.1) is 5.92 Å². The molecule has 1 saturated heterocycles. The zero-order valence-corrected chi connectivity index (χ0v) is 16.5. The van der Waals surface area contributed by atoms with Gasteiger partial charge in [0.05, 0.1) is 30.0 Å². The quantitative estimate of drug-likeness (QED) is 0.745. The molecule has 0 N–H and O–H groups in total. The highest BCUT2D eigenvalue weighted by Gasteiger charge is 2.35. The molecule has 0 aliphatic carbocycles. The Morgan fingerprint density at radius 2 is 2.00 bits per heavy atom. The van der Waals surface area contributed by atoms with Crippen LogP contribution in [0.5, 0.6) is 11.5 Å². The van der Waals surface area contributed by atoms with E-state index in [-0.39, 0.29) is 24.5 Å². The van der Waals surface area contributed by atoms with Crippen LogP contribution >= 0.6 is 11.6 Å². The minimum atomic E-state index is -3.34. The number of ether oxygens (including phenoxy) is 3. The van der Waals surface area contributed by atoms with Crippen molar-refractivity contribution >= 4 is 21.6 Å². The van der Waals surface area contributed by atoms with E-state index in [9.17, 15) is 8.42 Å². The lowest BCUT2D eigenvalue weighted by Gasteiger charge is -2.23. The van der Waals surface area contributed by atoms with Gasteiger partial charge in [-0.25, -0.2) is 17.7 Å². The van der Waals surface area contributed by atoms with Gasteiger partial charge in [-0.05, 0) is 6.07 Å². The van der Waals surface area contributed by atoms with Gasteiger partial charge in [0.25, 0.3) is 0 Å². The maximum atomic E-state index is 12.3. The molecule has 0 unspecified atom stereocenters. The van der Waals surface area contributed by atoms with E-state index in [1.165, 1.54) is 18.4 Å². The number of aromatic nitrogens is 2. The van der Waals surface area contributed by atoms with Gasteiger partial charge in [0, 0.05) is 44.0 Å². The normalized spacial score (nSPS) is 21.9. The minimum absolute atomic E-state index is 0.0111. The summed E-state index contributed by atoms with van der Waals surface area (Å²) in [4.78, 5) is 4.45. The SMILES string of the molecule is CN(C)S(=O)(=O)C[C@@H]1COC[C@H]1n1ccnc1-c1cc2c(cc1Cl)OCO2. The molecule has 1 aromatic carbocycles. The van der Waals surface area contributed by atoms with Gasteiger partial charge >= 0.3 is 0 Å². The summed E-state index contributed by atoms with van der Waals surface area (Å²) in [5.74, 6) is 1.68. The number of fused-ring (bicyclic) bond motifs is 1. The largest absolute Gasteiger partial charge is 0.454 e. The molecule has 2 aromatic rings. The molecule has 1 fully saturated rings. The lowest BCUT2D eigenvalue weighted by Crippen LogP contribution is -2.32. The molecule has 2 aliphatic rings. The van der Waals surface area contributed by atoms with Crippen LogP contribution < -0.4 is 9.47 Å². The molecule has 3 heterocycles. The first kappa shape index (κ1) is 18.5. The Hall–Kier alpha value is -1.81. The molecule has 0 amide bonds. The van der Waals surface area contributed by atoms with Crippen LogP contribution in [0.3, 0.4) is 0 Å². The van der Waals surface area contributed by atoms with E-state index < -0.39 is 10.0 Å². The number of rotatable bonds is 5. The summed E-state index contributed by atoms with van der Waals surface area (Å²) >= 11 is 6.44. The molecule has 0 radical (unpaired) electrons. The highest BCUT2D eigenvalue weighted by atomic mass is 35.5. The van der Waals surface area contributed by atoms with E-state index in [4.69, 9.17) is 25.8 Å². The molecule has 2 aliphatic heterocycles. The van der Waals surface area contributed by atoms with Crippen LogP contribution in [0.2, 0.25) is 5.02 Å². The van der Waals surface area contributed by atoms with Gasteiger partial charge in [0.2, 0.25) is 16.8 Å². The molecule has 146 valence electrons. The average molecular weight is 414 g/mol. The monoisotopic (exact) mass is 413 g/mol. The topological polar surface area (TPSA) is 82.9 Å². The van der Waals surface area contributed by atoms with Gasteiger partial charge in [-0.15, -0.1) is 0 Å². The van der Waals surface area contributed by atoms with Crippen molar-refractivity contribution in [2.45, 2.75) is 6.04 Å². The van der Waals surface area contributed by atoms with E-state index in [1.54, 1.807) is 18.3 Å². The van der Waals surface area contributed by atoms with Gasteiger partial charge in [-0.1, -0.05) is 11.6 Å². The van der Waals surface area contributed by atoms with Gasteiger partial charge in [-0.2, -0.15) is 0 Å². The molecule has 0 bridgehead atoms. The second-order valence-electron chi connectivity index (χ2n) is 6.77. The summed E-state index contributed by atoms with van der Waals surface area (Å²) in [7, 11) is -0.269. The number of halogens is 1. The maximum Gasteiger partial charge on any atom is 0.231 e. The molecule has 8 nitrogen and oxygen atoms in total. The fraction of sp³-hybridized carbons (Fsp3) is 0.471. The third-order valence-corrected chi connectivity index (χ3v) is 7.15. The fourth-order valence-corrected chi connectivity index (χ4v) is 4.75. The van der Waals surface area contributed by atoms with Crippen LogP contribution in [0.25, 0.3) is 11.4 Å². The van der Waals surface area contributed by atoms with Crippen molar-refractivity contribution in [3.63, 3.8) is 0 Å². The van der Waals surface area contributed by atoms with E-state index in [0.717, 1.165) is 0 Å². The molecule has 10 heteroatoms. The predicted molar refractivity (Wildman–Crippen MR) is 99.6 cm³/mol. The highest BCUT2D eigenvalue weighted by molar-refractivity contribution is 7.89. The van der Waals surface area contributed by atoms with Gasteiger partial charge < -0.3 is 18.8 Å². The van der Waals surface area contributed by atoms with Crippen molar-refractivity contribution in [3.8, 4) is 22.9 Å². The summed E-state index contributed by atoms with van der Waals surface area (Å²) < 4.78 is 44.2. The van der Waals surface area contributed by atoms with Crippen molar-refractivity contribution in [3.05, 3.63) is 29.5 Å². The van der Waals surface area contributed by atoms with Crippen molar-refractivity contribution < 1.29 is 22.6 Å². The Labute approximate surface area is 162 Å².